The summed E-state index contributed by atoms with van der Waals surface area (Å²) in [5.74, 6) is 0. The second kappa shape index (κ2) is 5.59. The van der Waals surface area contributed by atoms with Crippen LogP contribution in [0, 0.1) is 13.8 Å². The van der Waals surface area contributed by atoms with E-state index >= 15 is 0 Å². The quantitative estimate of drug-likeness (QED) is 0.826. The van der Waals surface area contributed by atoms with Crippen molar-refractivity contribution in [3.8, 4) is 0 Å². The number of nitrogens with two attached hydrogens (primary N) is 1. The minimum atomic E-state index is 0.377. The number of anilines is 2. The Morgan fingerprint density at radius 3 is 2.53 bits per heavy atom. The highest BCUT2D eigenvalue weighted by Crippen LogP contribution is 2.27. The summed E-state index contributed by atoms with van der Waals surface area (Å²) in [5, 5.41) is 4.04. The first-order chi connectivity index (χ1) is 8.97. The molecule has 2 aromatic carbocycles. The van der Waals surface area contributed by atoms with Gasteiger partial charge in [0.15, 0.2) is 0 Å². The monoisotopic (exact) mass is 290 g/mol. The molecule has 98 valence electrons. The molecule has 0 atom stereocenters. The molecule has 0 aliphatic rings. The lowest BCUT2D eigenvalue weighted by atomic mass is 10.1. The van der Waals surface area contributed by atoms with Crippen molar-refractivity contribution in [3.05, 3.63) is 58.1 Å². The van der Waals surface area contributed by atoms with Crippen LogP contribution in [-0.4, -0.2) is 4.99 Å². The number of hydrogen-bond donors (Lipinski definition) is 2. The third-order valence-corrected chi connectivity index (χ3v) is 3.36. The topological polar surface area (TPSA) is 38.0 Å². The van der Waals surface area contributed by atoms with E-state index in [0.29, 0.717) is 10.0 Å². The normalized spacial score (nSPS) is 10.3. The Hall–Kier alpha value is -1.58. The summed E-state index contributed by atoms with van der Waals surface area (Å²) in [4.78, 5) is 0.377. The SMILES string of the molecule is Cc1ccc(C(N)=S)c(Nc2cc(Cl)ccc2C)c1. The van der Waals surface area contributed by atoms with Crippen molar-refractivity contribution in [3.63, 3.8) is 0 Å². The molecule has 2 rings (SSSR count). The van der Waals surface area contributed by atoms with Crippen molar-refractivity contribution in [2.45, 2.75) is 13.8 Å². The van der Waals surface area contributed by atoms with Gasteiger partial charge in [-0.3, -0.25) is 0 Å². The van der Waals surface area contributed by atoms with Gasteiger partial charge in [0.2, 0.25) is 0 Å². The number of thiocarbonyl (C=S) groups is 1. The first kappa shape index (κ1) is 13.8. The van der Waals surface area contributed by atoms with E-state index < -0.39 is 0 Å². The Balaban J connectivity index is 2.45. The fraction of sp³-hybridized carbons (Fsp3) is 0.133. The summed E-state index contributed by atoms with van der Waals surface area (Å²) in [6, 6.07) is 11.7. The van der Waals surface area contributed by atoms with Crippen LogP contribution in [0.5, 0.6) is 0 Å². The van der Waals surface area contributed by atoms with Crippen LogP contribution in [0.3, 0.4) is 0 Å². The molecular formula is C15H15ClN2S. The summed E-state index contributed by atoms with van der Waals surface area (Å²) < 4.78 is 0. The zero-order valence-electron chi connectivity index (χ0n) is 10.8. The van der Waals surface area contributed by atoms with Crippen molar-refractivity contribution in [2.75, 3.05) is 5.32 Å². The van der Waals surface area contributed by atoms with Crippen LogP contribution in [0.25, 0.3) is 0 Å². The average Bonchev–Trinajstić information content (AvgIpc) is 2.33. The predicted molar refractivity (Wildman–Crippen MR) is 86.5 cm³/mol. The Kier molecular flexibility index (Phi) is 4.08. The van der Waals surface area contributed by atoms with Gasteiger partial charge in [0, 0.05) is 22.0 Å². The molecule has 0 spiro atoms. The van der Waals surface area contributed by atoms with Gasteiger partial charge in [-0.05, 0) is 49.2 Å². The van der Waals surface area contributed by atoms with Gasteiger partial charge in [0.05, 0.1) is 0 Å². The van der Waals surface area contributed by atoms with Crippen LogP contribution in [0.15, 0.2) is 36.4 Å². The number of halogens is 1. The molecule has 0 aliphatic heterocycles. The van der Waals surface area contributed by atoms with E-state index in [0.717, 1.165) is 28.1 Å². The maximum absolute atomic E-state index is 6.03. The Bertz CT molecular complexity index is 638. The summed E-state index contributed by atoms with van der Waals surface area (Å²) >= 11 is 11.1. The minimum absolute atomic E-state index is 0.377. The highest BCUT2D eigenvalue weighted by molar-refractivity contribution is 7.80. The number of nitrogens with one attached hydrogen (secondary N) is 1. The fourth-order valence-electron chi connectivity index (χ4n) is 1.85. The van der Waals surface area contributed by atoms with Gasteiger partial charge in [0.1, 0.15) is 4.99 Å². The van der Waals surface area contributed by atoms with Gasteiger partial charge in [-0.25, -0.2) is 0 Å². The maximum Gasteiger partial charge on any atom is 0.106 e. The molecule has 2 nitrogen and oxygen atoms in total. The van der Waals surface area contributed by atoms with Crippen molar-refractivity contribution in [2.24, 2.45) is 5.73 Å². The van der Waals surface area contributed by atoms with Crippen LogP contribution in [-0.2, 0) is 0 Å². The van der Waals surface area contributed by atoms with Crippen molar-refractivity contribution >= 4 is 40.2 Å². The molecule has 0 saturated heterocycles. The lowest BCUT2D eigenvalue weighted by Crippen LogP contribution is -2.12. The average molecular weight is 291 g/mol. The fourth-order valence-corrected chi connectivity index (χ4v) is 2.20. The summed E-state index contributed by atoms with van der Waals surface area (Å²) in [7, 11) is 0. The van der Waals surface area contributed by atoms with E-state index in [1.54, 1.807) is 0 Å². The summed E-state index contributed by atoms with van der Waals surface area (Å²) in [5.41, 5.74) is 10.7. The molecule has 0 aliphatic carbocycles. The number of benzene rings is 2. The highest BCUT2D eigenvalue weighted by Gasteiger charge is 2.07. The van der Waals surface area contributed by atoms with Crippen molar-refractivity contribution in [1.29, 1.82) is 0 Å². The zero-order chi connectivity index (χ0) is 14.0. The Labute approximate surface area is 123 Å². The predicted octanol–water partition coefficient (Wildman–Crippen LogP) is 4.33. The maximum atomic E-state index is 6.03. The molecule has 0 bridgehead atoms. The standard InChI is InChI=1S/C15H15ClN2S/c1-9-3-6-12(15(17)19)14(7-9)18-13-8-11(16)5-4-10(13)2/h3-8,18H,1-2H3,(H2,17,19). The largest absolute Gasteiger partial charge is 0.389 e. The third kappa shape index (κ3) is 3.25. The molecule has 4 heteroatoms. The molecular weight excluding hydrogens is 276 g/mol. The third-order valence-electron chi connectivity index (χ3n) is 2.91. The molecule has 3 N–H and O–H groups in total. The summed E-state index contributed by atoms with van der Waals surface area (Å²) in [6.45, 7) is 4.05. The van der Waals surface area contributed by atoms with E-state index in [4.69, 9.17) is 29.6 Å². The van der Waals surface area contributed by atoms with Gasteiger partial charge in [-0.2, -0.15) is 0 Å². The number of aryl methyl sites for hydroxylation is 2. The van der Waals surface area contributed by atoms with Crippen LogP contribution < -0.4 is 11.1 Å². The molecule has 0 radical (unpaired) electrons. The van der Waals surface area contributed by atoms with E-state index in [9.17, 15) is 0 Å². The van der Waals surface area contributed by atoms with Crippen LogP contribution in [0.2, 0.25) is 5.02 Å². The summed E-state index contributed by atoms with van der Waals surface area (Å²) in [6.07, 6.45) is 0. The Morgan fingerprint density at radius 2 is 1.84 bits per heavy atom. The molecule has 0 aromatic heterocycles. The van der Waals surface area contributed by atoms with Crippen LogP contribution in [0.1, 0.15) is 16.7 Å². The second-order valence-corrected chi connectivity index (χ2v) is 5.37. The van der Waals surface area contributed by atoms with E-state index in [1.165, 1.54) is 0 Å². The van der Waals surface area contributed by atoms with Gasteiger partial charge in [-0.15, -0.1) is 0 Å². The van der Waals surface area contributed by atoms with Gasteiger partial charge in [-0.1, -0.05) is 36.0 Å². The minimum Gasteiger partial charge on any atom is -0.389 e. The first-order valence-corrected chi connectivity index (χ1v) is 6.69. The molecule has 19 heavy (non-hydrogen) atoms. The van der Waals surface area contributed by atoms with E-state index in [2.05, 4.69) is 5.32 Å². The van der Waals surface area contributed by atoms with Gasteiger partial charge < -0.3 is 11.1 Å². The smallest absolute Gasteiger partial charge is 0.106 e. The first-order valence-electron chi connectivity index (χ1n) is 5.91. The molecule has 0 fully saturated rings. The zero-order valence-corrected chi connectivity index (χ0v) is 12.4. The highest BCUT2D eigenvalue weighted by atomic mass is 35.5. The van der Waals surface area contributed by atoms with E-state index in [1.807, 2.05) is 50.2 Å². The molecule has 0 unspecified atom stereocenters. The lowest BCUT2D eigenvalue weighted by molar-refractivity contribution is 1.40. The number of rotatable bonds is 3. The van der Waals surface area contributed by atoms with Gasteiger partial charge >= 0.3 is 0 Å². The molecule has 0 amide bonds. The molecule has 2 aromatic rings. The van der Waals surface area contributed by atoms with Crippen molar-refractivity contribution in [1.82, 2.24) is 0 Å². The second-order valence-electron chi connectivity index (χ2n) is 4.50. The Morgan fingerprint density at radius 1 is 1.11 bits per heavy atom. The van der Waals surface area contributed by atoms with Crippen LogP contribution >= 0.6 is 23.8 Å². The lowest BCUT2D eigenvalue weighted by Gasteiger charge is -2.14. The van der Waals surface area contributed by atoms with Gasteiger partial charge in [0.25, 0.3) is 0 Å². The van der Waals surface area contributed by atoms with Crippen LogP contribution in [0.4, 0.5) is 11.4 Å². The number of hydrogen-bond acceptors (Lipinski definition) is 2. The van der Waals surface area contributed by atoms with Crippen molar-refractivity contribution < 1.29 is 0 Å². The molecule has 0 saturated carbocycles. The molecule has 0 heterocycles. The van der Waals surface area contributed by atoms with E-state index in [-0.39, 0.29) is 0 Å².